The molecule has 70 valence electrons. The molecule has 1 aromatic rings. The third-order valence-corrected chi connectivity index (χ3v) is 2.74. The lowest BCUT2D eigenvalue weighted by Crippen LogP contribution is -2.10. The fourth-order valence-corrected chi connectivity index (χ4v) is 1.56. The Morgan fingerprint density at radius 1 is 1.38 bits per heavy atom. The Labute approximate surface area is 81.8 Å². The van der Waals surface area contributed by atoms with E-state index in [1.807, 2.05) is 0 Å². The average molecular weight is 199 g/mol. The van der Waals surface area contributed by atoms with E-state index in [9.17, 15) is 10.2 Å². The number of benzene rings is 1. The molecule has 0 saturated heterocycles. The Kier molecular flexibility index (Phi) is 1.97. The zero-order valence-electron chi connectivity index (χ0n) is 7.13. The molecular weight excluding hydrogens is 188 g/mol. The number of hydrogen-bond acceptors (Lipinski definition) is 2. The van der Waals surface area contributed by atoms with Crippen LogP contribution in [-0.2, 0) is 6.42 Å². The first-order chi connectivity index (χ1) is 6.09. The molecular formula is C10H11ClO2. The average Bonchev–Trinajstić information content (AvgIpc) is 2.76. The lowest BCUT2D eigenvalue weighted by atomic mass is 10.1. The molecule has 0 unspecified atom stereocenters. The Morgan fingerprint density at radius 2 is 2.08 bits per heavy atom. The van der Waals surface area contributed by atoms with Crippen LogP contribution in [0.3, 0.4) is 0 Å². The van der Waals surface area contributed by atoms with Crippen molar-refractivity contribution in [3.05, 3.63) is 28.8 Å². The normalized spacial score (nSPS) is 18.6. The molecule has 2 N–H and O–H groups in total. The minimum atomic E-state index is -0.558. The Bertz CT molecular complexity index is 332. The maximum atomic E-state index is 9.66. The molecule has 1 aliphatic carbocycles. The van der Waals surface area contributed by atoms with Crippen LogP contribution < -0.4 is 0 Å². The van der Waals surface area contributed by atoms with Crippen molar-refractivity contribution in [3.63, 3.8) is 0 Å². The second-order valence-electron chi connectivity index (χ2n) is 3.68. The van der Waals surface area contributed by atoms with E-state index >= 15 is 0 Å². The predicted octanol–water partition coefficient (Wildman–Crippen LogP) is 2.11. The first kappa shape index (κ1) is 8.85. The zero-order valence-corrected chi connectivity index (χ0v) is 7.88. The van der Waals surface area contributed by atoms with Gasteiger partial charge in [-0.25, -0.2) is 0 Å². The van der Waals surface area contributed by atoms with Gasteiger partial charge in [0.05, 0.1) is 5.60 Å². The van der Waals surface area contributed by atoms with Gasteiger partial charge in [0.2, 0.25) is 0 Å². The van der Waals surface area contributed by atoms with E-state index in [1.165, 1.54) is 0 Å². The van der Waals surface area contributed by atoms with E-state index in [-0.39, 0.29) is 5.75 Å². The third kappa shape index (κ3) is 1.95. The maximum absolute atomic E-state index is 9.66. The molecule has 0 bridgehead atoms. The van der Waals surface area contributed by atoms with Crippen molar-refractivity contribution in [2.75, 3.05) is 0 Å². The second kappa shape index (κ2) is 2.89. The Hall–Kier alpha value is -0.730. The summed E-state index contributed by atoms with van der Waals surface area (Å²) in [7, 11) is 0. The van der Waals surface area contributed by atoms with Crippen molar-refractivity contribution in [2.45, 2.75) is 24.9 Å². The summed E-state index contributed by atoms with van der Waals surface area (Å²) in [5.41, 5.74) is 0.263. The minimum Gasteiger partial charge on any atom is -0.508 e. The first-order valence-electron chi connectivity index (χ1n) is 4.29. The molecule has 0 amide bonds. The van der Waals surface area contributed by atoms with Gasteiger partial charge >= 0.3 is 0 Å². The molecule has 0 aliphatic heterocycles. The number of phenolic OH excluding ortho intramolecular Hbond substituents is 1. The highest BCUT2D eigenvalue weighted by molar-refractivity contribution is 6.31. The monoisotopic (exact) mass is 198 g/mol. The van der Waals surface area contributed by atoms with Crippen molar-refractivity contribution in [1.29, 1.82) is 0 Å². The fourth-order valence-electron chi connectivity index (χ4n) is 1.37. The van der Waals surface area contributed by atoms with E-state index in [0.717, 1.165) is 18.4 Å². The summed E-state index contributed by atoms with van der Waals surface area (Å²) < 4.78 is 0. The van der Waals surface area contributed by atoms with Crippen LogP contribution in [0.2, 0.25) is 5.02 Å². The van der Waals surface area contributed by atoms with E-state index in [2.05, 4.69) is 0 Å². The third-order valence-electron chi connectivity index (χ3n) is 2.38. The topological polar surface area (TPSA) is 40.5 Å². The lowest BCUT2D eigenvalue weighted by molar-refractivity contribution is 0.151. The minimum absolute atomic E-state index is 0.198. The summed E-state index contributed by atoms with van der Waals surface area (Å²) in [6, 6.07) is 4.80. The SMILES string of the molecule is Oc1ccc(Cl)c(CC2(O)CC2)c1. The van der Waals surface area contributed by atoms with Crippen LogP contribution in [-0.4, -0.2) is 15.8 Å². The van der Waals surface area contributed by atoms with Gasteiger partial charge in [0.15, 0.2) is 0 Å². The summed E-state index contributed by atoms with van der Waals surface area (Å²) in [5, 5.41) is 19.5. The summed E-state index contributed by atoms with van der Waals surface area (Å²) in [6.07, 6.45) is 2.21. The van der Waals surface area contributed by atoms with Crippen molar-refractivity contribution >= 4 is 11.6 Å². The fraction of sp³-hybridized carbons (Fsp3) is 0.400. The summed E-state index contributed by atoms with van der Waals surface area (Å²) in [6.45, 7) is 0. The van der Waals surface area contributed by atoms with Gasteiger partial charge in [-0.1, -0.05) is 11.6 Å². The molecule has 0 atom stereocenters. The van der Waals surface area contributed by atoms with Gasteiger partial charge in [0.1, 0.15) is 5.75 Å². The molecule has 1 aliphatic rings. The predicted molar refractivity (Wildman–Crippen MR) is 51.0 cm³/mol. The van der Waals surface area contributed by atoms with Crippen LogP contribution in [0.25, 0.3) is 0 Å². The van der Waals surface area contributed by atoms with Crippen LogP contribution >= 0.6 is 11.6 Å². The van der Waals surface area contributed by atoms with Gasteiger partial charge in [0.25, 0.3) is 0 Å². The maximum Gasteiger partial charge on any atom is 0.115 e. The van der Waals surface area contributed by atoms with Gasteiger partial charge in [-0.2, -0.15) is 0 Å². The van der Waals surface area contributed by atoms with Crippen molar-refractivity contribution < 1.29 is 10.2 Å². The Balaban J connectivity index is 2.23. The van der Waals surface area contributed by atoms with Crippen molar-refractivity contribution in [1.82, 2.24) is 0 Å². The van der Waals surface area contributed by atoms with E-state index in [0.29, 0.717) is 11.4 Å². The largest absolute Gasteiger partial charge is 0.508 e. The molecule has 13 heavy (non-hydrogen) atoms. The number of halogens is 1. The number of hydrogen-bond donors (Lipinski definition) is 2. The van der Waals surface area contributed by atoms with Crippen LogP contribution in [0, 0.1) is 0 Å². The molecule has 1 fully saturated rings. The van der Waals surface area contributed by atoms with Crippen LogP contribution in [0.4, 0.5) is 0 Å². The first-order valence-corrected chi connectivity index (χ1v) is 4.67. The van der Waals surface area contributed by atoms with E-state index < -0.39 is 5.60 Å². The summed E-state index contributed by atoms with van der Waals surface area (Å²) in [4.78, 5) is 0. The van der Waals surface area contributed by atoms with Crippen LogP contribution in [0.1, 0.15) is 18.4 Å². The highest BCUT2D eigenvalue weighted by Gasteiger charge is 2.40. The zero-order chi connectivity index (χ0) is 9.47. The molecule has 0 heterocycles. The molecule has 2 nitrogen and oxygen atoms in total. The van der Waals surface area contributed by atoms with Crippen LogP contribution in [0.15, 0.2) is 18.2 Å². The second-order valence-corrected chi connectivity index (χ2v) is 4.08. The number of aromatic hydroxyl groups is 1. The van der Waals surface area contributed by atoms with Gasteiger partial charge < -0.3 is 10.2 Å². The molecule has 1 saturated carbocycles. The standard InChI is InChI=1S/C10H11ClO2/c11-9-2-1-8(12)5-7(9)6-10(13)3-4-10/h1-2,5,12-13H,3-4,6H2. The highest BCUT2D eigenvalue weighted by Crippen LogP contribution is 2.40. The lowest BCUT2D eigenvalue weighted by Gasteiger charge is -2.09. The molecule has 0 radical (unpaired) electrons. The Morgan fingerprint density at radius 3 is 2.69 bits per heavy atom. The number of phenols is 1. The van der Waals surface area contributed by atoms with Gasteiger partial charge in [0, 0.05) is 11.4 Å². The quantitative estimate of drug-likeness (QED) is 0.764. The van der Waals surface area contributed by atoms with E-state index in [4.69, 9.17) is 11.6 Å². The molecule has 1 aromatic carbocycles. The summed E-state index contributed by atoms with van der Waals surface area (Å²) in [5.74, 6) is 0.198. The number of rotatable bonds is 2. The van der Waals surface area contributed by atoms with Gasteiger partial charge in [-0.05, 0) is 36.6 Å². The highest BCUT2D eigenvalue weighted by atomic mass is 35.5. The van der Waals surface area contributed by atoms with Gasteiger partial charge in [-0.15, -0.1) is 0 Å². The van der Waals surface area contributed by atoms with Crippen molar-refractivity contribution in [3.8, 4) is 5.75 Å². The van der Waals surface area contributed by atoms with E-state index in [1.54, 1.807) is 18.2 Å². The smallest absolute Gasteiger partial charge is 0.115 e. The molecule has 0 aromatic heterocycles. The van der Waals surface area contributed by atoms with Crippen molar-refractivity contribution in [2.24, 2.45) is 0 Å². The van der Waals surface area contributed by atoms with Crippen LogP contribution in [0.5, 0.6) is 5.75 Å². The van der Waals surface area contributed by atoms with Gasteiger partial charge in [-0.3, -0.25) is 0 Å². The summed E-state index contributed by atoms with van der Waals surface area (Å²) >= 11 is 5.91. The molecule has 3 heteroatoms. The number of aliphatic hydroxyl groups is 1. The molecule has 2 rings (SSSR count). The molecule has 0 spiro atoms.